The Hall–Kier alpha value is -4.05. The number of allylic oxidation sites excluding steroid dienone is 1. The third-order valence-electron chi connectivity index (χ3n) is 12.0. The molecule has 15 heteroatoms. The third kappa shape index (κ3) is 10.2. The number of hydrogen-bond acceptors (Lipinski definition) is 15. The Balaban J connectivity index is 1.91. The van der Waals surface area contributed by atoms with Crippen LogP contribution in [0.1, 0.15) is 91.9 Å². The molecule has 58 heavy (non-hydrogen) atoms. The van der Waals surface area contributed by atoms with Crippen molar-refractivity contribution in [2.75, 3.05) is 28.3 Å². The van der Waals surface area contributed by atoms with E-state index in [0.29, 0.717) is 12.2 Å². The van der Waals surface area contributed by atoms with Crippen molar-refractivity contribution in [2.45, 2.75) is 142 Å². The van der Waals surface area contributed by atoms with E-state index < -0.39 is 89.8 Å². The van der Waals surface area contributed by atoms with Crippen LogP contribution in [0.5, 0.6) is 5.75 Å². The number of fused-ring (bicyclic) bond motifs is 1. The van der Waals surface area contributed by atoms with Crippen molar-refractivity contribution in [2.24, 2.45) is 23.7 Å². The molecule has 0 aromatic heterocycles. The molecule has 0 saturated carbocycles. The molecule has 0 spiro atoms. The van der Waals surface area contributed by atoms with Crippen molar-refractivity contribution in [3.8, 4) is 5.75 Å². The summed E-state index contributed by atoms with van der Waals surface area (Å²) in [7, 11) is 6.79. The summed E-state index contributed by atoms with van der Waals surface area (Å²) in [6.07, 6.45) is -4.02. The first-order chi connectivity index (χ1) is 27.2. The van der Waals surface area contributed by atoms with E-state index in [0.717, 1.165) is 0 Å². The number of benzene rings is 1. The first-order valence-corrected chi connectivity index (χ1v) is 20.0. The number of carbonyl (C=O) groups is 5. The molecule has 1 aromatic rings. The van der Waals surface area contributed by atoms with Crippen LogP contribution in [0.2, 0.25) is 0 Å². The summed E-state index contributed by atoms with van der Waals surface area (Å²) in [4.78, 5) is 69.5. The van der Waals surface area contributed by atoms with Crippen LogP contribution in [0.4, 0.5) is 4.79 Å². The second-order valence-corrected chi connectivity index (χ2v) is 16.6. The number of Topliss-reactive ketones (excluding diaryl/α,β-unsaturated/α-hetero) is 1. The van der Waals surface area contributed by atoms with Gasteiger partial charge in [0.05, 0.1) is 54.6 Å². The van der Waals surface area contributed by atoms with E-state index in [9.17, 15) is 24.0 Å². The predicted molar refractivity (Wildman–Crippen MR) is 210 cm³/mol. The summed E-state index contributed by atoms with van der Waals surface area (Å²) in [5.41, 5.74) is -2.66. The highest BCUT2D eigenvalue weighted by Gasteiger charge is 2.59. The van der Waals surface area contributed by atoms with E-state index in [-0.39, 0.29) is 42.1 Å². The van der Waals surface area contributed by atoms with Crippen LogP contribution in [0.25, 0.3) is 0 Å². The maximum atomic E-state index is 14.4. The molecule has 4 rings (SSSR count). The molecule has 0 amide bonds. The zero-order chi connectivity index (χ0) is 43.3. The number of esters is 2. The van der Waals surface area contributed by atoms with Crippen molar-refractivity contribution in [3.05, 3.63) is 42.2 Å². The molecule has 14 atom stereocenters. The second kappa shape index (κ2) is 19.3. The lowest BCUT2D eigenvalue weighted by atomic mass is 9.74. The van der Waals surface area contributed by atoms with Gasteiger partial charge in [-0.1, -0.05) is 33.8 Å². The van der Waals surface area contributed by atoms with E-state index in [1.807, 2.05) is 25.9 Å². The van der Waals surface area contributed by atoms with Crippen LogP contribution >= 0.6 is 0 Å². The summed E-state index contributed by atoms with van der Waals surface area (Å²) in [6.45, 7) is 15.3. The molecule has 0 bridgehead atoms. The smallest absolute Gasteiger partial charge is 0.497 e. The monoisotopic (exact) mass is 817 g/mol. The molecule has 1 aromatic carbocycles. The molecule has 0 N–H and O–H groups in total. The number of ketones is 2. The van der Waals surface area contributed by atoms with Gasteiger partial charge < -0.3 is 47.5 Å². The molecular weight excluding hydrogens is 754 g/mol. The van der Waals surface area contributed by atoms with Crippen molar-refractivity contribution in [1.29, 1.82) is 0 Å². The third-order valence-corrected chi connectivity index (χ3v) is 12.0. The maximum absolute atomic E-state index is 14.4. The molecule has 15 nitrogen and oxygen atoms in total. The number of ether oxygens (including phenoxy) is 9. The van der Waals surface area contributed by atoms with Crippen LogP contribution in [-0.2, 0) is 52.3 Å². The van der Waals surface area contributed by atoms with Gasteiger partial charge in [-0.15, -0.1) is 0 Å². The molecule has 3 fully saturated rings. The number of rotatable bonds is 11. The Morgan fingerprint density at radius 1 is 0.983 bits per heavy atom. The van der Waals surface area contributed by atoms with Crippen molar-refractivity contribution in [3.63, 3.8) is 0 Å². The Labute approximate surface area is 342 Å². The fraction of sp³-hybridized carbons (Fsp3) is 0.698. The van der Waals surface area contributed by atoms with Crippen molar-refractivity contribution in [1.82, 2.24) is 4.90 Å². The standard InChI is InChI=1S/C43H63NO14/c1-14-32-43(9)37(57-41(49)58-43)26(5)33(46)23(2)22-42(8,51-13)36(56-40-35(52-19-18-24(3)45)31(44(10)11)20-25(4)53-40)27(6)34(28(7)38(47)54-32)55-39(48)29-16-15-17-30(21-29)50-12/h15-19,21,23,25-28,31-32,34-37,40H,14,20,22H2,1-13H3/b19-18+/t23-,25-,26+,27+,28-,31+,32-,34+,35+,36-,37-,40+,42+,43-/m1/s1. The average molecular weight is 818 g/mol. The summed E-state index contributed by atoms with van der Waals surface area (Å²) in [5, 5.41) is 0. The van der Waals surface area contributed by atoms with Gasteiger partial charge in [0.1, 0.15) is 23.7 Å². The molecule has 0 radical (unpaired) electrons. The van der Waals surface area contributed by atoms with E-state index >= 15 is 0 Å². The first kappa shape index (κ1) is 46.6. The number of carbonyl (C=O) groups excluding carboxylic acids is 5. The summed E-state index contributed by atoms with van der Waals surface area (Å²) in [5.74, 6) is -5.08. The Bertz CT molecular complexity index is 1660. The van der Waals surface area contributed by atoms with Gasteiger partial charge in [-0.3, -0.25) is 14.4 Å². The highest BCUT2D eigenvalue weighted by atomic mass is 16.8. The summed E-state index contributed by atoms with van der Waals surface area (Å²) in [6, 6.07) is 6.20. The lowest BCUT2D eigenvalue weighted by Crippen LogP contribution is -2.60. The van der Waals surface area contributed by atoms with Gasteiger partial charge in [0.25, 0.3) is 0 Å². The van der Waals surface area contributed by atoms with Gasteiger partial charge in [-0.25, -0.2) is 9.59 Å². The van der Waals surface area contributed by atoms with Gasteiger partial charge in [0.15, 0.2) is 29.9 Å². The molecular formula is C43H63NO14. The van der Waals surface area contributed by atoms with Gasteiger partial charge in [-0.2, -0.15) is 0 Å². The van der Waals surface area contributed by atoms with E-state index in [1.54, 1.807) is 66.7 Å². The number of methoxy groups -OCH3 is 2. The first-order valence-electron chi connectivity index (χ1n) is 20.0. The highest BCUT2D eigenvalue weighted by Crippen LogP contribution is 2.43. The predicted octanol–water partition coefficient (Wildman–Crippen LogP) is 5.70. The topological polar surface area (TPSA) is 172 Å². The molecule has 0 aliphatic carbocycles. The average Bonchev–Trinajstić information content (AvgIpc) is 3.50. The minimum atomic E-state index is -1.52. The Morgan fingerprint density at radius 3 is 2.28 bits per heavy atom. The molecule has 3 heterocycles. The van der Waals surface area contributed by atoms with Crippen LogP contribution < -0.4 is 4.74 Å². The van der Waals surface area contributed by atoms with Gasteiger partial charge in [0, 0.05) is 25.0 Å². The normalized spacial score (nSPS) is 37.6. The lowest BCUT2D eigenvalue weighted by molar-refractivity contribution is -0.301. The van der Waals surface area contributed by atoms with Gasteiger partial charge in [0.2, 0.25) is 0 Å². The highest BCUT2D eigenvalue weighted by molar-refractivity contribution is 5.90. The zero-order valence-electron chi connectivity index (χ0n) is 36.2. The SMILES string of the molecule is CC[C@H]1OC(=O)[C@H](C)[C@@H](OC(=O)c2cccc(OC)c2)[C@H](C)[C@@H](O[C@@H]2O[C@H](C)C[C@H](N(C)C)[C@@H]2O/C=C/C(C)=O)[C@@](C)(OC)C[C@@H](C)C(=O)[C@H](C)[C@H]2OC(=O)O[C@@]21C. The zero-order valence-corrected chi connectivity index (χ0v) is 36.2. The molecule has 3 aliphatic rings. The quantitative estimate of drug-likeness (QED) is 0.115. The van der Waals surface area contributed by atoms with Gasteiger partial charge >= 0.3 is 18.1 Å². The maximum Gasteiger partial charge on any atom is 0.509 e. The Morgan fingerprint density at radius 2 is 1.67 bits per heavy atom. The molecule has 3 aliphatic heterocycles. The van der Waals surface area contributed by atoms with Crippen LogP contribution in [0.3, 0.4) is 0 Å². The minimum Gasteiger partial charge on any atom is -0.497 e. The van der Waals surface area contributed by atoms with Crippen LogP contribution in [-0.4, -0.2) is 123 Å². The van der Waals surface area contributed by atoms with Crippen molar-refractivity contribution < 1.29 is 66.6 Å². The molecule has 0 unspecified atom stereocenters. The van der Waals surface area contributed by atoms with Crippen LogP contribution in [0, 0.1) is 23.7 Å². The summed E-state index contributed by atoms with van der Waals surface area (Å²) < 4.78 is 55.2. The second-order valence-electron chi connectivity index (χ2n) is 16.6. The summed E-state index contributed by atoms with van der Waals surface area (Å²) >= 11 is 0. The van der Waals surface area contributed by atoms with Crippen LogP contribution in [0.15, 0.2) is 36.6 Å². The van der Waals surface area contributed by atoms with Crippen molar-refractivity contribution >= 4 is 29.7 Å². The van der Waals surface area contributed by atoms with Gasteiger partial charge in [-0.05, 0) is 86.2 Å². The Kier molecular flexibility index (Phi) is 15.6. The van der Waals surface area contributed by atoms with E-state index in [2.05, 4.69) is 0 Å². The minimum absolute atomic E-state index is 0.0850. The number of nitrogens with zero attached hydrogens (tertiary/aromatic N) is 1. The van der Waals surface area contributed by atoms with E-state index in [1.165, 1.54) is 39.5 Å². The fourth-order valence-electron chi connectivity index (χ4n) is 8.70. The fourth-order valence-corrected chi connectivity index (χ4v) is 8.70. The molecule has 324 valence electrons. The number of cyclic esters (lactones) is 1. The lowest BCUT2D eigenvalue weighted by Gasteiger charge is -2.49. The number of likely N-dealkylation sites (N-methyl/N-ethyl adjacent to an activating group) is 1. The largest absolute Gasteiger partial charge is 0.509 e. The molecule has 3 saturated heterocycles. The number of hydrogen-bond donors (Lipinski definition) is 0. The van der Waals surface area contributed by atoms with E-state index in [4.69, 9.17) is 42.6 Å².